The summed E-state index contributed by atoms with van der Waals surface area (Å²) >= 11 is 0. The molecule has 3 N–H and O–H groups in total. The Labute approximate surface area is 211 Å². The van der Waals surface area contributed by atoms with Crippen molar-refractivity contribution in [2.45, 2.75) is 38.6 Å². The monoisotopic (exact) mass is 489 g/mol. The third-order valence-electron chi connectivity index (χ3n) is 7.16. The number of anilines is 2. The van der Waals surface area contributed by atoms with Gasteiger partial charge in [-0.05, 0) is 73.7 Å². The molecule has 6 nitrogen and oxygen atoms in total. The second-order valence-corrected chi connectivity index (χ2v) is 9.12. The van der Waals surface area contributed by atoms with Crippen molar-refractivity contribution in [1.82, 2.24) is 0 Å². The van der Waals surface area contributed by atoms with Gasteiger partial charge in [-0.25, -0.2) is 9.18 Å². The summed E-state index contributed by atoms with van der Waals surface area (Å²) in [7, 11) is 0. The van der Waals surface area contributed by atoms with Gasteiger partial charge in [0.05, 0.1) is 11.3 Å². The lowest BCUT2D eigenvalue weighted by molar-refractivity contribution is -0.123. The lowest BCUT2D eigenvalue weighted by Gasteiger charge is -2.47. The Balaban J connectivity index is 1.90. The minimum absolute atomic E-state index is 0.122. The van der Waals surface area contributed by atoms with Crippen molar-refractivity contribution in [1.29, 1.82) is 0 Å². The third-order valence-corrected chi connectivity index (χ3v) is 7.16. The number of hydrogen-bond acceptors (Lipinski definition) is 4. The number of aromatic carboxylic acids is 1. The van der Waals surface area contributed by atoms with Gasteiger partial charge in [0.1, 0.15) is 11.4 Å². The molecule has 1 aliphatic heterocycles. The standard InChI is InChI=1S/C29H32FN3O3/c1-3-32(4-2)24-16-10-20(11-17-24)19-29(28(31)36,22-12-14-23(30)15-13-22)33-18-6-8-21-7-5-9-25(26(21)33)27(34)35/h5,7,9-17H,3-4,6,8,18-19H2,1-2H3,(H2,31,36)(H,34,35). The van der Waals surface area contributed by atoms with Crippen LogP contribution in [0.15, 0.2) is 66.7 Å². The number of primary amides is 1. The summed E-state index contributed by atoms with van der Waals surface area (Å²) in [5.74, 6) is -2.11. The number of aryl methyl sites for hydroxylation is 1. The Morgan fingerprint density at radius 3 is 2.28 bits per heavy atom. The predicted octanol–water partition coefficient (Wildman–Crippen LogP) is 4.75. The number of rotatable bonds is 9. The van der Waals surface area contributed by atoms with E-state index in [9.17, 15) is 19.1 Å². The van der Waals surface area contributed by atoms with Crippen LogP contribution in [-0.2, 0) is 23.2 Å². The number of carbonyl (C=O) groups excluding carboxylic acids is 1. The van der Waals surface area contributed by atoms with Crippen molar-refractivity contribution in [2.24, 2.45) is 5.73 Å². The number of para-hydroxylation sites is 1. The lowest BCUT2D eigenvalue weighted by Crippen LogP contribution is -2.58. The topological polar surface area (TPSA) is 86.9 Å². The van der Waals surface area contributed by atoms with E-state index in [0.717, 1.165) is 36.3 Å². The first kappa shape index (κ1) is 25.2. The predicted molar refractivity (Wildman–Crippen MR) is 140 cm³/mol. The minimum Gasteiger partial charge on any atom is -0.478 e. The average Bonchev–Trinajstić information content (AvgIpc) is 2.88. The van der Waals surface area contributed by atoms with Crippen LogP contribution >= 0.6 is 0 Å². The van der Waals surface area contributed by atoms with Gasteiger partial charge in [-0.2, -0.15) is 0 Å². The number of hydrogen-bond donors (Lipinski definition) is 2. The smallest absolute Gasteiger partial charge is 0.337 e. The Morgan fingerprint density at radius 2 is 1.69 bits per heavy atom. The molecule has 0 radical (unpaired) electrons. The van der Waals surface area contributed by atoms with Gasteiger partial charge >= 0.3 is 5.97 Å². The summed E-state index contributed by atoms with van der Waals surface area (Å²) in [5.41, 5.74) is 8.73. The Morgan fingerprint density at radius 1 is 1.03 bits per heavy atom. The average molecular weight is 490 g/mol. The summed E-state index contributed by atoms with van der Waals surface area (Å²) in [6, 6.07) is 18.9. The van der Waals surface area contributed by atoms with Crippen molar-refractivity contribution in [3.8, 4) is 0 Å². The third kappa shape index (κ3) is 4.53. The molecule has 1 unspecified atom stereocenters. The fraction of sp³-hybridized carbons (Fsp3) is 0.310. The van der Waals surface area contributed by atoms with E-state index in [1.54, 1.807) is 24.3 Å². The van der Waals surface area contributed by atoms with Gasteiger partial charge in [0.25, 0.3) is 0 Å². The molecule has 0 fully saturated rings. The number of carboxylic acids is 1. The molecule has 0 saturated carbocycles. The molecule has 0 aromatic heterocycles. The summed E-state index contributed by atoms with van der Waals surface area (Å²) in [4.78, 5) is 29.8. The number of nitrogens with two attached hydrogens (primary N) is 1. The molecule has 4 rings (SSSR count). The SMILES string of the molecule is CCN(CC)c1ccc(CC(C(N)=O)(c2ccc(F)cc2)N2CCCc3cccc(C(=O)O)c32)cc1. The number of carboxylic acid groups (broad SMARTS) is 1. The molecule has 0 saturated heterocycles. The van der Waals surface area contributed by atoms with Crippen molar-refractivity contribution in [2.75, 3.05) is 29.4 Å². The second-order valence-electron chi connectivity index (χ2n) is 9.12. The number of amides is 1. The quantitative estimate of drug-likeness (QED) is 0.453. The van der Waals surface area contributed by atoms with E-state index in [1.807, 2.05) is 35.2 Å². The number of benzene rings is 3. The van der Waals surface area contributed by atoms with Gasteiger partial charge in [0.2, 0.25) is 5.91 Å². The van der Waals surface area contributed by atoms with Crippen LogP contribution in [0.2, 0.25) is 0 Å². The van der Waals surface area contributed by atoms with Crippen LogP contribution in [0.25, 0.3) is 0 Å². The Hall–Kier alpha value is -3.87. The molecule has 188 valence electrons. The molecule has 1 atom stereocenters. The fourth-order valence-corrected chi connectivity index (χ4v) is 5.36. The maximum Gasteiger partial charge on any atom is 0.337 e. The number of nitrogens with zero attached hydrogens (tertiary/aromatic N) is 2. The summed E-state index contributed by atoms with van der Waals surface area (Å²) < 4.78 is 13.9. The largest absolute Gasteiger partial charge is 0.478 e. The number of fused-ring (bicyclic) bond motifs is 1. The van der Waals surface area contributed by atoms with Crippen LogP contribution in [0.4, 0.5) is 15.8 Å². The van der Waals surface area contributed by atoms with Crippen molar-refractivity contribution < 1.29 is 19.1 Å². The van der Waals surface area contributed by atoms with Gasteiger partial charge in [0.15, 0.2) is 0 Å². The molecule has 1 amide bonds. The van der Waals surface area contributed by atoms with Gasteiger partial charge in [-0.1, -0.05) is 36.4 Å². The summed E-state index contributed by atoms with van der Waals surface area (Å²) in [6.45, 7) is 6.38. The van der Waals surface area contributed by atoms with E-state index >= 15 is 0 Å². The molecule has 7 heteroatoms. The van der Waals surface area contributed by atoms with Crippen LogP contribution < -0.4 is 15.5 Å². The zero-order valence-electron chi connectivity index (χ0n) is 20.7. The van der Waals surface area contributed by atoms with Crippen LogP contribution in [-0.4, -0.2) is 36.6 Å². The molecular weight excluding hydrogens is 457 g/mol. The van der Waals surface area contributed by atoms with Crippen LogP contribution in [0.1, 0.15) is 47.3 Å². The van der Waals surface area contributed by atoms with E-state index in [-0.39, 0.29) is 12.0 Å². The first-order chi connectivity index (χ1) is 17.3. The maximum atomic E-state index is 13.9. The van der Waals surface area contributed by atoms with Gasteiger partial charge < -0.3 is 20.6 Å². The summed E-state index contributed by atoms with van der Waals surface area (Å²) in [5, 5.41) is 9.99. The first-order valence-electron chi connectivity index (χ1n) is 12.3. The Kier molecular flexibility index (Phi) is 7.29. The molecule has 3 aromatic rings. The van der Waals surface area contributed by atoms with Crippen LogP contribution in [0, 0.1) is 5.82 Å². The first-order valence-corrected chi connectivity index (χ1v) is 12.3. The highest BCUT2D eigenvalue weighted by Gasteiger charge is 2.47. The number of carbonyl (C=O) groups is 2. The van der Waals surface area contributed by atoms with Crippen molar-refractivity contribution >= 4 is 23.3 Å². The van der Waals surface area contributed by atoms with Crippen LogP contribution in [0.3, 0.4) is 0 Å². The normalized spacial score (nSPS) is 14.6. The van der Waals surface area contributed by atoms with E-state index in [0.29, 0.717) is 24.2 Å². The molecule has 1 heterocycles. The fourth-order valence-electron chi connectivity index (χ4n) is 5.36. The summed E-state index contributed by atoms with van der Waals surface area (Å²) in [6.07, 6.45) is 1.64. The second kappa shape index (κ2) is 10.4. The van der Waals surface area contributed by atoms with E-state index in [2.05, 4.69) is 18.7 Å². The van der Waals surface area contributed by atoms with Gasteiger partial charge in [-0.3, -0.25) is 4.79 Å². The number of halogens is 1. The highest BCUT2D eigenvalue weighted by molar-refractivity contribution is 5.99. The van der Waals surface area contributed by atoms with E-state index in [1.165, 1.54) is 12.1 Å². The molecule has 3 aromatic carbocycles. The van der Waals surface area contributed by atoms with Crippen molar-refractivity contribution in [3.63, 3.8) is 0 Å². The van der Waals surface area contributed by atoms with E-state index < -0.39 is 23.2 Å². The molecule has 0 aliphatic carbocycles. The molecule has 36 heavy (non-hydrogen) atoms. The zero-order chi connectivity index (χ0) is 25.9. The molecule has 0 spiro atoms. The lowest BCUT2D eigenvalue weighted by atomic mass is 9.79. The van der Waals surface area contributed by atoms with Gasteiger partial charge in [-0.15, -0.1) is 0 Å². The minimum atomic E-state index is -1.41. The van der Waals surface area contributed by atoms with Gasteiger partial charge in [0, 0.05) is 31.7 Å². The van der Waals surface area contributed by atoms with Crippen molar-refractivity contribution in [3.05, 3.63) is 94.8 Å². The molecule has 1 aliphatic rings. The highest BCUT2D eigenvalue weighted by Crippen LogP contribution is 2.42. The molecular formula is C29H32FN3O3. The maximum absolute atomic E-state index is 13.9. The molecule has 0 bridgehead atoms. The van der Waals surface area contributed by atoms with E-state index in [4.69, 9.17) is 5.73 Å². The Bertz CT molecular complexity index is 1240. The van der Waals surface area contributed by atoms with Crippen LogP contribution in [0.5, 0.6) is 0 Å². The highest BCUT2D eigenvalue weighted by atomic mass is 19.1. The zero-order valence-corrected chi connectivity index (χ0v) is 20.7.